The molecule has 0 N–H and O–H groups in total. The van der Waals surface area contributed by atoms with E-state index in [9.17, 15) is 13.2 Å². The third-order valence-corrected chi connectivity index (χ3v) is 8.69. The van der Waals surface area contributed by atoms with Crippen LogP contribution in [0.25, 0.3) is 0 Å². The molecule has 0 spiro atoms. The molecule has 2 fully saturated rings. The van der Waals surface area contributed by atoms with E-state index in [0.717, 1.165) is 24.8 Å². The molecule has 3 aliphatic rings. The molecule has 0 aliphatic carbocycles. The van der Waals surface area contributed by atoms with Crippen LogP contribution in [0.3, 0.4) is 0 Å². The highest BCUT2D eigenvalue weighted by Crippen LogP contribution is 2.36. The van der Waals surface area contributed by atoms with E-state index in [0.29, 0.717) is 43.4 Å². The molecular weight excluding hydrogens is 442 g/mol. The molecule has 7 nitrogen and oxygen atoms in total. The highest BCUT2D eigenvalue weighted by Gasteiger charge is 2.38. The number of hydrogen-bond acceptors (Lipinski definition) is 6. The van der Waals surface area contributed by atoms with E-state index in [2.05, 4.69) is 6.92 Å². The van der Waals surface area contributed by atoms with Crippen molar-refractivity contribution in [2.75, 3.05) is 30.7 Å². The Kier molecular flexibility index (Phi) is 6.16. The topological polar surface area (TPSA) is 82.1 Å². The molecule has 1 unspecified atom stereocenters. The minimum Gasteiger partial charge on any atom is -0.489 e. The average molecular weight is 472 g/mol. The van der Waals surface area contributed by atoms with Crippen LogP contribution in [-0.2, 0) is 25.9 Å². The number of aryl methyl sites for hydroxylation is 1. The molecule has 0 amide bonds. The maximum Gasteiger partial charge on any atom is 0.264 e. The van der Waals surface area contributed by atoms with Crippen molar-refractivity contribution in [2.24, 2.45) is 5.92 Å². The van der Waals surface area contributed by atoms with E-state index in [4.69, 9.17) is 14.2 Å². The zero-order valence-corrected chi connectivity index (χ0v) is 19.6. The Labute approximate surface area is 194 Å². The van der Waals surface area contributed by atoms with Crippen molar-refractivity contribution in [1.29, 1.82) is 0 Å². The molecule has 33 heavy (non-hydrogen) atoms. The summed E-state index contributed by atoms with van der Waals surface area (Å²) in [5, 5.41) is 0. The average Bonchev–Trinajstić information content (AvgIpc) is 2.81. The van der Waals surface area contributed by atoms with E-state index >= 15 is 0 Å². The van der Waals surface area contributed by atoms with E-state index in [-0.39, 0.29) is 35.2 Å². The van der Waals surface area contributed by atoms with Gasteiger partial charge in [0.05, 0.1) is 35.4 Å². The number of hydrogen-bond donors (Lipinski definition) is 0. The monoisotopic (exact) mass is 471 g/mol. The maximum absolute atomic E-state index is 13.7. The Bertz CT molecular complexity index is 1120. The van der Waals surface area contributed by atoms with Crippen LogP contribution in [0.4, 0.5) is 5.69 Å². The maximum atomic E-state index is 13.7. The van der Waals surface area contributed by atoms with Crippen LogP contribution >= 0.6 is 0 Å². The fraction of sp³-hybridized carbons (Fsp3) is 0.480. The summed E-state index contributed by atoms with van der Waals surface area (Å²) < 4.78 is 45.8. The minimum absolute atomic E-state index is 0.0735. The number of Topliss-reactive ketones (excluding diaryl/α,β-unsaturated/α-hetero) is 1. The molecule has 1 atom stereocenters. The second-order valence-electron chi connectivity index (χ2n) is 8.90. The summed E-state index contributed by atoms with van der Waals surface area (Å²) in [5.41, 5.74) is 2.07. The van der Waals surface area contributed by atoms with Gasteiger partial charge in [0.15, 0.2) is 5.78 Å². The Hall–Kier alpha value is -2.42. The Morgan fingerprint density at radius 1 is 1.00 bits per heavy atom. The van der Waals surface area contributed by atoms with Crippen molar-refractivity contribution in [3.8, 4) is 5.75 Å². The van der Waals surface area contributed by atoms with Crippen LogP contribution in [0.15, 0.2) is 47.4 Å². The smallest absolute Gasteiger partial charge is 0.264 e. The Morgan fingerprint density at radius 2 is 1.73 bits per heavy atom. The third kappa shape index (κ3) is 4.27. The molecule has 2 aromatic carbocycles. The number of rotatable bonds is 6. The fourth-order valence-corrected chi connectivity index (χ4v) is 6.38. The molecule has 5 rings (SSSR count). The quantitative estimate of drug-likeness (QED) is 0.640. The number of carbonyl (C=O) groups excluding carboxylic acids is 1. The molecule has 0 aromatic heterocycles. The van der Waals surface area contributed by atoms with Crippen LogP contribution in [0, 0.1) is 5.92 Å². The fourth-order valence-electron chi connectivity index (χ4n) is 4.73. The van der Waals surface area contributed by atoms with Crippen molar-refractivity contribution in [3.05, 3.63) is 53.6 Å². The predicted molar refractivity (Wildman–Crippen MR) is 123 cm³/mol. The van der Waals surface area contributed by atoms with Crippen molar-refractivity contribution in [2.45, 2.75) is 49.6 Å². The van der Waals surface area contributed by atoms with Gasteiger partial charge in [-0.1, -0.05) is 19.1 Å². The summed E-state index contributed by atoms with van der Waals surface area (Å²) in [6.07, 6.45) is 2.70. The van der Waals surface area contributed by atoms with Gasteiger partial charge in [0.25, 0.3) is 10.0 Å². The summed E-state index contributed by atoms with van der Waals surface area (Å²) >= 11 is 0. The molecule has 8 heteroatoms. The largest absolute Gasteiger partial charge is 0.489 e. The molecular formula is C25H29NO6S. The zero-order chi connectivity index (χ0) is 23.0. The molecule has 3 heterocycles. The SMILES string of the molecule is CCc1ccc(N(C2COC2)S(=O)(=O)c2ccc3c(c2)C(=O)CC(C2CCOCC2)O3)cc1. The van der Waals surface area contributed by atoms with Gasteiger partial charge in [-0.05, 0) is 55.2 Å². The highest BCUT2D eigenvalue weighted by atomic mass is 32.2. The van der Waals surface area contributed by atoms with Crippen LogP contribution in [0.1, 0.15) is 42.1 Å². The van der Waals surface area contributed by atoms with E-state index in [1.54, 1.807) is 12.1 Å². The van der Waals surface area contributed by atoms with Gasteiger partial charge in [-0.25, -0.2) is 8.42 Å². The van der Waals surface area contributed by atoms with Gasteiger partial charge in [-0.15, -0.1) is 0 Å². The summed E-state index contributed by atoms with van der Waals surface area (Å²) in [6, 6.07) is 11.9. The summed E-state index contributed by atoms with van der Waals surface area (Å²) in [4.78, 5) is 13.1. The van der Waals surface area contributed by atoms with Crippen LogP contribution in [0.2, 0.25) is 0 Å². The molecule has 3 aliphatic heterocycles. The van der Waals surface area contributed by atoms with Crippen molar-refractivity contribution in [3.63, 3.8) is 0 Å². The van der Waals surface area contributed by atoms with Gasteiger partial charge in [-0.3, -0.25) is 9.10 Å². The first-order valence-electron chi connectivity index (χ1n) is 11.6. The number of anilines is 1. The first-order valence-corrected chi connectivity index (χ1v) is 13.0. The lowest BCUT2D eigenvalue weighted by atomic mass is 9.87. The number of carbonyl (C=O) groups is 1. The number of ketones is 1. The van der Waals surface area contributed by atoms with Crippen LogP contribution in [-0.4, -0.2) is 52.8 Å². The number of sulfonamides is 1. The number of nitrogens with zero attached hydrogens (tertiary/aromatic N) is 1. The number of fused-ring (bicyclic) bond motifs is 1. The molecule has 2 aromatic rings. The second-order valence-corrected chi connectivity index (χ2v) is 10.7. The van der Waals surface area contributed by atoms with Crippen molar-refractivity contribution < 1.29 is 27.4 Å². The summed E-state index contributed by atoms with van der Waals surface area (Å²) in [7, 11) is -3.90. The Balaban J connectivity index is 1.45. The summed E-state index contributed by atoms with van der Waals surface area (Å²) in [5.74, 6) is 0.669. The number of ether oxygens (including phenoxy) is 3. The van der Waals surface area contributed by atoms with E-state index in [1.165, 1.54) is 10.4 Å². The lowest BCUT2D eigenvalue weighted by Gasteiger charge is -2.38. The van der Waals surface area contributed by atoms with Gasteiger partial charge >= 0.3 is 0 Å². The first kappa shape index (κ1) is 22.4. The molecule has 2 saturated heterocycles. The van der Waals surface area contributed by atoms with E-state index < -0.39 is 10.0 Å². The van der Waals surface area contributed by atoms with Crippen molar-refractivity contribution in [1.82, 2.24) is 0 Å². The highest BCUT2D eigenvalue weighted by molar-refractivity contribution is 7.92. The molecule has 0 saturated carbocycles. The van der Waals surface area contributed by atoms with E-state index in [1.807, 2.05) is 24.3 Å². The van der Waals surface area contributed by atoms with Gasteiger partial charge in [-0.2, -0.15) is 0 Å². The van der Waals surface area contributed by atoms with Gasteiger partial charge < -0.3 is 14.2 Å². The van der Waals surface area contributed by atoms with Gasteiger partial charge in [0, 0.05) is 25.6 Å². The van der Waals surface area contributed by atoms with Crippen LogP contribution < -0.4 is 9.04 Å². The summed E-state index contributed by atoms with van der Waals surface area (Å²) in [6.45, 7) is 4.11. The first-order chi connectivity index (χ1) is 16.0. The number of benzene rings is 2. The van der Waals surface area contributed by atoms with Gasteiger partial charge in [0.2, 0.25) is 0 Å². The van der Waals surface area contributed by atoms with Crippen LogP contribution in [0.5, 0.6) is 5.75 Å². The molecule has 0 bridgehead atoms. The lowest BCUT2D eigenvalue weighted by molar-refractivity contribution is 0.0119. The third-order valence-electron chi connectivity index (χ3n) is 6.82. The normalized spacial score (nSPS) is 21.7. The minimum atomic E-state index is -3.90. The van der Waals surface area contributed by atoms with Gasteiger partial charge in [0.1, 0.15) is 11.9 Å². The standard InChI is InChI=1S/C25H29NO6S/c1-2-17-3-5-19(6-4-17)26(20-15-31-16-20)33(28,29)21-7-8-24-22(13-21)23(27)14-25(32-24)18-9-11-30-12-10-18/h3-8,13,18,20,25H,2,9-12,14-16H2,1H3. The molecule has 0 radical (unpaired) electrons. The lowest BCUT2D eigenvalue weighted by Crippen LogP contribution is -2.52. The molecule has 176 valence electrons. The Morgan fingerprint density at radius 3 is 2.36 bits per heavy atom. The second kappa shape index (κ2) is 9.08. The predicted octanol–water partition coefficient (Wildman–Crippen LogP) is 3.60. The zero-order valence-electron chi connectivity index (χ0n) is 18.7. The van der Waals surface area contributed by atoms with Crippen molar-refractivity contribution >= 4 is 21.5 Å².